The van der Waals surface area contributed by atoms with E-state index in [1.54, 1.807) is 6.92 Å². The number of amides is 1. The summed E-state index contributed by atoms with van der Waals surface area (Å²) in [6.45, 7) is 3.34. The number of rotatable bonds is 4. The van der Waals surface area contributed by atoms with Crippen molar-refractivity contribution in [2.45, 2.75) is 13.8 Å². The largest absolute Gasteiger partial charge is 0.426 e. The van der Waals surface area contributed by atoms with E-state index in [-0.39, 0.29) is 16.9 Å². The molecule has 0 aromatic heterocycles. The lowest BCUT2D eigenvalue weighted by Gasteiger charge is -2.11. The van der Waals surface area contributed by atoms with Crippen molar-refractivity contribution in [1.82, 2.24) is 5.32 Å². The van der Waals surface area contributed by atoms with Gasteiger partial charge in [0.05, 0.1) is 5.56 Å². The number of hydrogen-bond acceptors (Lipinski definition) is 3. The number of halogens is 2. The van der Waals surface area contributed by atoms with Crippen molar-refractivity contribution in [3.05, 3.63) is 53.6 Å². The third-order valence-electron chi connectivity index (χ3n) is 3.06. The van der Waals surface area contributed by atoms with Crippen LogP contribution in [0, 0.1) is 11.6 Å². The van der Waals surface area contributed by atoms with Crippen LogP contribution in [-0.2, 0) is 4.79 Å². The fourth-order valence-electron chi connectivity index (χ4n) is 2.10. The van der Waals surface area contributed by atoms with Gasteiger partial charge in [0, 0.05) is 25.1 Å². The Morgan fingerprint density at radius 2 is 1.87 bits per heavy atom. The molecule has 0 atom stereocenters. The molecule has 0 heterocycles. The number of carbonyl (C=O) groups excluding carboxylic acids is 2. The predicted molar refractivity (Wildman–Crippen MR) is 81.1 cm³/mol. The predicted octanol–water partition coefficient (Wildman–Crippen LogP) is 3.31. The fourth-order valence-corrected chi connectivity index (χ4v) is 2.10. The van der Waals surface area contributed by atoms with E-state index in [1.807, 2.05) is 0 Å². The maximum Gasteiger partial charge on any atom is 0.308 e. The van der Waals surface area contributed by atoms with Crippen LogP contribution in [0.25, 0.3) is 11.1 Å². The van der Waals surface area contributed by atoms with Crippen LogP contribution in [0.15, 0.2) is 36.4 Å². The molecule has 0 unspecified atom stereocenters. The Balaban J connectivity index is 2.52. The molecule has 1 N–H and O–H groups in total. The Labute approximate surface area is 132 Å². The first kappa shape index (κ1) is 16.6. The van der Waals surface area contributed by atoms with Gasteiger partial charge in [0.1, 0.15) is 17.4 Å². The molecular weight excluding hydrogens is 304 g/mol. The van der Waals surface area contributed by atoms with E-state index >= 15 is 0 Å². The first-order valence-corrected chi connectivity index (χ1v) is 6.98. The molecule has 0 saturated carbocycles. The summed E-state index contributed by atoms with van der Waals surface area (Å²) >= 11 is 0. The lowest BCUT2D eigenvalue weighted by Crippen LogP contribution is -2.23. The summed E-state index contributed by atoms with van der Waals surface area (Å²) in [5.74, 6) is -2.38. The van der Waals surface area contributed by atoms with Crippen LogP contribution in [0.4, 0.5) is 8.78 Å². The van der Waals surface area contributed by atoms with Gasteiger partial charge in [-0.3, -0.25) is 9.59 Å². The molecule has 23 heavy (non-hydrogen) atoms. The molecule has 0 aliphatic rings. The van der Waals surface area contributed by atoms with E-state index in [0.717, 1.165) is 12.1 Å². The first-order valence-electron chi connectivity index (χ1n) is 6.98. The van der Waals surface area contributed by atoms with E-state index in [9.17, 15) is 18.4 Å². The minimum atomic E-state index is -0.743. The monoisotopic (exact) mass is 319 g/mol. The van der Waals surface area contributed by atoms with Crippen LogP contribution < -0.4 is 10.1 Å². The van der Waals surface area contributed by atoms with Crippen molar-refractivity contribution in [3.8, 4) is 16.9 Å². The molecule has 0 spiro atoms. The highest BCUT2D eigenvalue weighted by Gasteiger charge is 2.16. The number of ether oxygens (including phenoxy) is 1. The zero-order chi connectivity index (χ0) is 17.0. The quantitative estimate of drug-likeness (QED) is 0.695. The van der Waals surface area contributed by atoms with Gasteiger partial charge in [0.2, 0.25) is 0 Å². The Hall–Kier alpha value is -2.76. The second kappa shape index (κ2) is 7.00. The SMILES string of the molecule is CCNC(=O)c1cc(-c2ccc(F)cc2F)ccc1OC(C)=O. The maximum atomic E-state index is 13.9. The van der Waals surface area contributed by atoms with Gasteiger partial charge in [0.15, 0.2) is 0 Å². The molecule has 1 amide bonds. The summed E-state index contributed by atoms with van der Waals surface area (Å²) < 4.78 is 31.9. The van der Waals surface area contributed by atoms with Gasteiger partial charge in [-0.05, 0) is 36.8 Å². The van der Waals surface area contributed by atoms with Crippen molar-refractivity contribution < 1.29 is 23.1 Å². The summed E-state index contributed by atoms with van der Waals surface area (Å²) in [6.07, 6.45) is 0. The van der Waals surface area contributed by atoms with E-state index < -0.39 is 23.5 Å². The molecule has 0 bridgehead atoms. The summed E-state index contributed by atoms with van der Waals surface area (Å²) in [6, 6.07) is 7.49. The van der Waals surface area contributed by atoms with E-state index in [2.05, 4.69) is 5.32 Å². The molecule has 120 valence electrons. The molecular formula is C17H15F2NO3. The topological polar surface area (TPSA) is 55.4 Å². The number of esters is 1. The van der Waals surface area contributed by atoms with Crippen LogP contribution in [-0.4, -0.2) is 18.4 Å². The van der Waals surface area contributed by atoms with Gasteiger partial charge in [-0.15, -0.1) is 0 Å². The maximum absolute atomic E-state index is 13.9. The van der Waals surface area contributed by atoms with Gasteiger partial charge < -0.3 is 10.1 Å². The minimum absolute atomic E-state index is 0.0784. The van der Waals surface area contributed by atoms with Crippen molar-refractivity contribution >= 4 is 11.9 Å². The molecule has 0 aliphatic heterocycles. The Kier molecular flexibility index (Phi) is 5.05. The molecule has 2 aromatic rings. The molecule has 6 heteroatoms. The van der Waals surface area contributed by atoms with Gasteiger partial charge >= 0.3 is 5.97 Å². The summed E-state index contributed by atoms with van der Waals surface area (Å²) in [5.41, 5.74) is 0.620. The van der Waals surface area contributed by atoms with Crippen molar-refractivity contribution in [3.63, 3.8) is 0 Å². The Morgan fingerprint density at radius 3 is 2.48 bits per heavy atom. The average Bonchev–Trinajstić information content (AvgIpc) is 2.47. The number of benzene rings is 2. The fraction of sp³-hybridized carbons (Fsp3) is 0.176. The zero-order valence-electron chi connectivity index (χ0n) is 12.7. The van der Waals surface area contributed by atoms with Gasteiger partial charge in [-0.2, -0.15) is 0 Å². The first-order chi connectivity index (χ1) is 10.9. The summed E-state index contributed by atoms with van der Waals surface area (Å²) in [5, 5.41) is 2.59. The zero-order valence-corrected chi connectivity index (χ0v) is 12.7. The van der Waals surface area contributed by atoms with Crippen LogP contribution in [0.1, 0.15) is 24.2 Å². The lowest BCUT2D eigenvalue weighted by atomic mass is 10.0. The van der Waals surface area contributed by atoms with E-state index in [4.69, 9.17) is 4.74 Å². The Morgan fingerprint density at radius 1 is 1.13 bits per heavy atom. The molecule has 0 fully saturated rings. The van der Waals surface area contributed by atoms with Crippen LogP contribution in [0.2, 0.25) is 0 Å². The third kappa shape index (κ3) is 3.91. The highest BCUT2D eigenvalue weighted by molar-refractivity contribution is 5.98. The molecule has 0 saturated heterocycles. The van der Waals surface area contributed by atoms with Crippen molar-refractivity contribution in [2.24, 2.45) is 0 Å². The number of hydrogen-bond donors (Lipinski definition) is 1. The highest BCUT2D eigenvalue weighted by atomic mass is 19.1. The smallest absolute Gasteiger partial charge is 0.308 e. The standard InChI is InChI=1S/C17H15F2NO3/c1-3-20-17(22)14-8-11(4-7-16(14)23-10(2)21)13-6-5-12(18)9-15(13)19/h4-9H,3H2,1-2H3,(H,20,22). The second-order valence-corrected chi connectivity index (χ2v) is 4.79. The average molecular weight is 319 g/mol. The van der Waals surface area contributed by atoms with Gasteiger partial charge in [0.25, 0.3) is 5.91 Å². The third-order valence-corrected chi connectivity index (χ3v) is 3.06. The highest BCUT2D eigenvalue weighted by Crippen LogP contribution is 2.29. The number of nitrogens with one attached hydrogen (secondary N) is 1. The van der Waals surface area contributed by atoms with Crippen LogP contribution >= 0.6 is 0 Å². The molecule has 0 radical (unpaired) electrons. The van der Waals surface area contributed by atoms with Gasteiger partial charge in [-0.1, -0.05) is 6.07 Å². The molecule has 0 aliphatic carbocycles. The molecule has 2 rings (SSSR count). The number of carbonyl (C=O) groups is 2. The van der Waals surface area contributed by atoms with Crippen molar-refractivity contribution in [1.29, 1.82) is 0 Å². The normalized spacial score (nSPS) is 10.3. The van der Waals surface area contributed by atoms with Crippen LogP contribution in [0.3, 0.4) is 0 Å². The lowest BCUT2D eigenvalue weighted by molar-refractivity contribution is -0.131. The molecule has 2 aromatic carbocycles. The van der Waals surface area contributed by atoms with E-state index in [0.29, 0.717) is 12.1 Å². The Bertz CT molecular complexity index is 759. The molecule has 4 nitrogen and oxygen atoms in total. The van der Waals surface area contributed by atoms with Crippen molar-refractivity contribution in [2.75, 3.05) is 6.54 Å². The van der Waals surface area contributed by atoms with Crippen LogP contribution in [0.5, 0.6) is 5.75 Å². The minimum Gasteiger partial charge on any atom is -0.426 e. The summed E-state index contributed by atoms with van der Waals surface area (Å²) in [4.78, 5) is 23.3. The van der Waals surface area contributed by atoms with Gasteiger partial charge in [-0.25, -0.2) is 8.78 Å². The summed E-state index contributed by atoms with van der Waals surface area (Å²) in [7, 11) is 0. The second-order valence-electron chi connectivity index (χ2n) is 4.79. The van der Waals surface area contributed by atoms with E-state index in [1.165, 1.54) is 31.2 Å².